The smallest absolute Gasteiger partial charge is 0.227 e. The van der Waals surface area contributed by atoms with Gasteiger partial charge in [0.25, 0.3) is 0 Å². The summed E-state index contributed by atoms with van der Waals surface area (Å²) >= 11 is 18.1. The number of carbonyl (C=O) groups excluding carboxylic acids is 1. The highest BCUT2D eigenvalue weighted by molar-refractivity contribution is 6.35. The standard InChI is InChI=1S/C23H22Cl3N5O/c24-17-4-1-14(2-5-17)19-13-29-23(30-21(19)27)31-9-7-15(8-10-31)22(32)28-12-16-3-6-18(25)11-20(16)26/h1-6,11,13,15H,7-10,12H2,(H,28,32)(H2,27,29,30). The second-order valence-electron chi connectivity index (χ2n) is 7.69. The van der Waals surface area contributed by atoms with Crippen LogP contribution in [0.4, 0.5) is 11.8 Å². The molecular weight excluding hydrogens is 469 g/mol. The summed E-state index contributed by atoms with van der Waals surface area (Å²) in [6, 6.07) is 12.6. The average Bonchev–Trinajstić information content (AvgIpc) is 2.79. The lowest BCUT2D eigenvalue weighted by Gasteiger charge is -2.31. The van der Waals surface area contributed by atoms with Crippen molar-refractivity contribution >= 4 is 52.5 Å². The number of piperidine rings is 1. The molecule has 166 valence electrons. The zero-order chi connectivity index (χ0) is 22.7. The Morgan fingerprint density at radius 3 is 2.41 bits per heavy atom. The van der Waals surface area contributed by atoms with E-state index in [0.29, 0.717) is 59.3 Å². The fourth-order valence-electron chi connectivity index (χ4n) is 3.72. The van der Waals surface area contributed by atoms with Gasteiger partial charge in [0, 0.05) is 52.4 Å². The van der Waals surface area contributed by atoms with Gasteiger partial charge in [-0.25, -0.2) is 4.98 Å². The van der Waals surface area contributed by atoms with Gasteiger partial charge >= 0.3 is 0 Å². The van der Waals surface area contributed by atoms with Gasteiger partial charge in [-0.15, -0.1) is 0 Å². The van der Waals surface area contributed by atoms with E-state index in [1.54, 1.807) is 30.5 Å². The molecule has 1 fully saturated rings. The molecule has 0 spiro atoms. The normalized spacial score (nSPS) is 14.4. The number of nitrogen functional groups attached to an aromatic ring is 1. The lowest BCUT2D eigenvalue weighted by molar-refractivity contribution is -0.125. The van der Waals surface area contributed by atoms with Gasteiger partial charge in [0.2, 0.25) is 11.9 Å². The van der Waals surface area contributed by atoms with Gasteiger partial charge in [0.05, 0.1) is 0 Å². The molecule has 6 nitrogen and oxygen atoms in total. The maximum atomic E-state index is 12.6. The molecule has 3 aromatic rings. The SMILES string of the molecule is Nc1nc(N2CCC(C(=O)NCc3ccc(Cl)cc3Cl)CC2)ncc1-c1ccc(Cl)cc1. The Morgan fingerprint density at radius 2 is 1.75 bits per heavy atom. The number of hydrogen-bond donors (Lipinski definition) is 2. The van der Waals surface area contributed by atoms with Crippen LogP contribution in [-0.4, -0.2) is 29.0 Å². The van der Waals surface area contributed by atoms with Crippen LogP contribution in [-0.2, 0) is 11.3 Å². The monoisotopic (exact) mass is 489 g/mol. The van der Waals surface area contributed by atoms with Crippen LogP contribution in [0.25, 0.3) is 11.1 Å². The topological polar surface area (TPSA) is 84.1 Å². The Balaban J connectivity index is 1.33. The van der Waals surface area contributed by atoms with Crippen molar-refractivity contribution in [2.45, 2.75) is 19.4 Å². The molecule has 0 atom stereocenters. The van der Waals surface area contributed by atoms with E-state index in [1.807, 2.05) is 18.2 Å². The summed E-state index contributed by atoms with van der Waals surface area (Å²) < 4.78 is 0. The summed E-state index contributed by atoms with van der Waals surface area (Å²) in [6.45, 7) is 1.74. The van der Waals surface area contributed by atoms with Crippen molar-refractivity contribution in [1.29, 1.82) is 0 Å². The van der Waals surface area contributed by atoms with E-state index in [4.69, 9.17) is 40.5 Å². The number of hydrogen-bond acceptors (Lipinski definition) is 5. The van der Waals surface area contributed by atoms with Gasteiger partial charge in [0.15, 0.2) is 0 Å². The second kappa shape index (κ2) is 9.94. The molecule has 2 aromatic carbocycles. The minimum atomic E-state index is -0.0667. The molecular formula is C23H22Cl3N5O. The van der Waals surface area contributed by atoms with Gasteiger partial charge in [-0.2, -0.15) is 4.98 Å². The first-order chi connectivity index (χ1) is 15.4. The van der Waals surface area contributed by atoms with E-state index in [9.17, 15) is 4.79 Å². The van der Waals surface area contributed by atoms with Crippen molar-refractivity contribution in [3.05, 3.63) is 69.3 Å². The van der Waals surface area contributed by atoms with Gasteiger partial charge < -0.3 is 16.0 Å². The summed E-state index contributed by atoms with van der Waals surface area (Å²) in [5.41, 5.74) is 8.71. The fraction of sp³-hybridized carbons (Fsp3) is 0.261. The number of nitrogens with one attached hydrogen (secondary N) is 1. The number of nitrogens with two attached hydrogens (primary N) is 1. The molecule has 0 aliphatic carbocycles. The number of rotatable bonds is 5. The van der Waals surface area contributed by atoms with Crippen molar-refractivity contribution in [1.82, 2.24) is 15.3 Å². The number of nitrogens with zero attached hydrogens (tertiary/aromatic N) is 3. The predicted octanol–water partition coefficient (Wildman–Crippen LogP) is 5.22. The second-order valence-corrected chi connectivity index (χ2v) is 8.97. The van der Waals surface area contributed by atoms with Crippen LogP contribution in [0.5, 0.6) is 0 Å². The van der Waals surface area contributed by atoms with Crippen LogP contribution in [0, 0.1) is 5.92 Å². The molecule has 0 radical (unpaired) electrons. The van der Waals surface area contributed by atoms with Crippen molar-refractivity contribution in [3.63, 3.8) is 0 Å². The molecule has 0 saturated carbocycles. The van der Waals surface area contributed by atoms with Crippen LogP contribution >= 0.6 is 34.8 Å². The third kappa shape index (κ3) is 5.26. The van der Waals surface area contributed by atoms with Crippen molar-refractivity contribution in [2.24, 2.45) is 5.92 Å². The van der Waals surface area contributed by atoms with Crippen molar-refractivity contribution in [3.8, 4) is 11.1 Å². The lowest BCUT2D eigenvalue weighted by Crippen LogP contribution is -2.41. The van der Waals surface area contributed by atoms with Crippen LogP contribution in [0.1, 0.15) is 18.4 Å². The number of amides is 1. The van der Waals surface area contributed by atoms with E-state index in [1.165, 1.54) is 0 Å². The molecule has 1 aromatic heterocycles. The third-order valence-electron chi connectivity index (χ3n) is 5.58. The average molecular weight is 491 g/mol. The van der Waals surface area contributed by atoms with Crippen LogP contribution < -0.4 is 16.0 Å². The summed E-state index contributed by atoms with van der Waals surface area (Å²) in [6.07, 6.45) is 3.15. The van der Waals surface area contributed by atoms with Gasteiger partial charge in [-0.3, -0.25) is 4.79 Å². The number of anilines is 2. The minimum Gasteiger partial charge on any atom is -0.383 e. The Kier molecular flexibility index (Phi) is 7.04. The van der Waals surface area contributed by atoms with Gasteiger partial charge in [-0.1, -0.05) is 53.0 Å². The zero-order valence-electron chi connectivity index (χ0n) is 17.2. The third-order valence-corrected chi connectivity index (χ3v) is 6.42. The Morgan fingerprint density at radius 1 is 1.06 bits per heavy atom. The molecule has 3 N–H and O–H groups in total. The Bertz CT molecular complexity index is 1120. The number of carbonyl (C=O) groups is 1. The molecule has 4 rings (SSSR count). The van der Waals surface area contributed by atoms with E-state index >= 15 is 0 Å². The Labute approximate surface area is 201 Å². The fourth-order valence-corrected chi connectivity index (χ4v) is 4.32. The molecule has 1 aliphatic rings. The lowest BCUT2D eigenvalue weighted by atomic mass is 9.96. The number of aromatic nitrogens is 2. The first-order valence-corrected chi connectivity index (χ1v) is 11.4. The minimum absolute atomic E-state index is 0.0224. The summed E-state index contributed by atoms with van der Waals surface area (Å²) in [7, 11) is 0. The molecule has 1 saturated heterocycles. The highest BCUT2D eigenvalue weighted by Gasteiger charge is 2.26. The first-order valence-electron chi connectivity index (χ1n) is 10.3. The highest BCUT2D eigenvalue weighted by atomic mass is 35.5. The Hall–Kier alpha value is -2.54. The molecule has 9 heteroatoms. The van der Waals surface area contributed by atoms with E-state index in [0.717, 1.165) is 16.7 Å². The summed E-state index contributed by atoms with van der Waals surface area (Å²) in [4.78, 5) is 23.7. The van der Waals surface area contributed by atoms with Gasteiger partial charge in [0.1, 0.15) is 5.82 Å². The molecule has 32 heavy (non-hydrogen) atoms. The highest BCUT2D eigenvalue weighted by Crippen LogP contribution is 2.28. The zero-order valence-corrected chi connectivity index (χ0v) is 19.5. The van der Waals surface area contributed by atoms with E-state index in [2.05, 4.69) is 20.2 Å². The van der Waals surface area contributed by atoms with Crippen LogP contribution in [0.2, 0.25) is 15.1 Å². The van der Waals surface area contributed by atoms with E-state index < -0.39 is 0 Å². The molecule has 1 amide bonds. The molecule has 2 heterocycles. The molecule has 1 aliphatic heterocycles. The first kappa shape index (κ1) is 22.6. The maximum absolute atomic E-state index is 12.6. The van der Waals surface area contributed by atoms with Crippen molar-refractivity contribution in [2.75, 3.05) is 23.7 Å². The number of halogens is 3. The van der Waals surface area contributed by atoms with Crippen LogP contribution in [0.15, 0.2) is 48.7 Å². The van der Waals surface area contributed by atoms with E-state index in [-0.39, 0.29) is 11.8 Å². The number of benzene rings is 2. The predicted molar refractivity (Wildman–Crippen MR) is 130 cm³/mol. The molecule has 0 unspecified atom stereocenters. The maximum Gasteiger partial charge on any atom is 0.227 e. The quantitative estimate of drug-likeness (QED) is 0.512. The summed E-state index contributed by atoms with van der Waals surface area (Å²) in [5.74, 6) is 0.946. The summed E-state index contributed by atoms with van der Waals surface area (Å²) in [5, 5.41) is 4.75. The largest absolute Gasteiger partial charge is 0.383 e. The van der Waals surface area contributed by atoms with Crippen LogP contribution in [0.3, 0.4) is 0 Å². The molecule has 0 bridgehead atoms. The van der Waals surface area contributed by atoms with Crippen molar-refractivity contribution < 1.29 is 4.79 Å². The van der Waals surface area contributed by atoms with Gasteiger partial charge in [-0.05, 0) is 48.2 Å².